The van der Waals surface area contributed by atoms with Gasteiger partial charge < -0.3 is 9.47 Å². The Labute approximate surface area is 156 Å². The van der Waals surface area contributed by atoms with Crippen LogP contribution in [0, 0.1) is 17.2 Å². The third kappa shape index (κ3) is 4.25. The number of rotatable bonds is 6. The van der Waals surface area contributed by atoms with Crippen LogP contribution in [0.1, 0.15) is 24.0 Å². The molecule has 2 atom stereocenters. The molecule has 2 aromatic carbocycles. The maximum atomic E-state index is 12.4. The summed E-state index contributed by atoms with van der Waals surface area (Å²) in [5.74, 6) is -1.67. The fourth-order valence-electron chi connectivity index (χ4n) is 2.68. The van der Waals surface area contributed by atoms with Crippen LogP contribution in [0.3, 0.4) is 0 Å². The molecule has 0 aliphatic rings. The maximum Gasteiger partial charge on any atom is 0.324 e. The molecule has 0 radical (unpaired) electrons. The van der Waals surface area contributed by atoms with Gasteiger partial charge in [-0.2, -0.15) is 5.26 Å². The topological polar surface area (TPSA) is 59.3 Å². The Hall–Kier alpha value is -2.22. The zero-order valence-corrected chi connectivity index (χ0v) is 15.3. The highest BCUT2D eigenvalue weighted by atomic mass is 35.5. The van der Waals surface area contributed by atoms with Crippen molar-refractivity contribution in [1.82, 2.24) is 0 Å². The van der Waals surface area contributed by atoms with E-state index in [9.17, 15) is 10.1 Å². The molecule has 0 bridgehead atoms. The summed E-state index contributed by atoms with van der Waals surface area (Å²) >= 11 is 12.1. The smallest absolute Gasteiger partial charge is 0.324 e. The first-order chi connectivity index (χ1) is 12.0. The van der Waals surface area contributed by atoms with Gasteiger partial charge in [-0.05, 0) is 30.7 Å². The lowest BCUT2D eigenvalue weighted by atomic mass is 9.81. The Balaban J connectivity index is 2.64. The second-order valence-electron chi connectivity index (χ2n) is 5.25. The number of methoxy groups -OCH3 is 1. The molecule has 0 unspecified atom stereocenters. The van der Waals surface area contributed by atoms with Crippen LogP contribution in [0.2, 0.25) is 10.0 Å². The summed E-state index contributed by atoms with van der Waals surface area (Å²) in [5.41, 5.74) is 1.38. The van der Waals surface area contributed by atoms with Gasteiger partial charge in [-0.15, -0.1) is 0 Å². The standard InChI is InChI=1S/C19H17Cl2NO3/c1-3-25-19(23)14(11-22)18(12-8-9-15(20)16(21)10-12)13-6-4-5-7-17(13)24-2/h4-10,14,18H,3H2,1-2H3/t14-,18+/m1/s1. The third-order valence-electron chi connectivity index (χ3n) is 3.79. The van der Waals surface area contributed by atoms with Crippen molar-refractivity contribution in [2.45, 2.75) is 12.8 Å². The molecule has 0 spiro atoms. The lowest BCUT2D eigenvalue weighted by Crippen LogP contribution is -2.24. The van der Waals surface area contributed by atoms with E-state index >= 15 is 0 Å². The van der Waals surface area contributed by atoms with Gasteiger partial charge >= 0.3 is 5.97 Å². The third-order valence-corrected chi connectivity index (χ3v) is 4.53. The molecule has 0 saturated carbocycles. The summed E-state index contributed by atoms with van der Waals surface area (Å²) in [5, 5.41) is 10.4. The van der Waals surface area contributed by atoms with Crippen molar-refractivity contribution in [1.29, 1.82) is 5.26 Å². The molecule has 0 aliphatic heterocycles. The van der Waals surface area contributed by atoms with Crippen molar-refractivity contribution < 1.29 is 14.3 Å². The van der Waals surface area contributed by atoms with Crippen LogP contribution in [0.4, 0.5) is 0 Å². The lowest BCUT2D eigenvalue weighted by Gasteiger charge is -2.24. The molecule has 0 aliphatic carbocycles. The highest BCUT2D eigenvalue weighted by molar-refractivity contribution is 6.42. The van der Waals surface area contributed by atoms with E-state index < -0.39 is 17.8 Å². The molecule has 2 rings (SSSR count). The van der Waals surface area contributed by atoms with E-state index in [2.05, 4.69) is 6.07 Å². The van der Waals surface area contributed by atoms with Crippen LogP contribution in [0.25, 0.3) is 0 Å². The van der Waals surface area contributed by atoms with Crippen LogP contribution in [-0.2, 0) is 9.53 Å². The zero-order valence-electron chi connectivity index (χ0n) is 13.8. The SMILES string of the molecule is CCOC(=O)[C@H](C#N)[C@@H](c1ccc(Cl)c(Cl)c1)c1ccccc1OC. The Bertz CT molecular complexity index is 801. The molecule has 4 nitrogen and oxygen atoms in total. The van der Waals surface area contributed by atoms with E-state index in [1.165, 1.54) is 7.11 Å². The molecule has 6 heteroatoms. The summed E-state index contributed by atoms with van der Waals surface area (Å²) in [6.45, 7) is 1.89. The highest BCUT2D eigenvalue weighted by Gasteiger charge is 2.34. The molecule has 0 aromatic heterocycles. The molecule has 0 saturated heterocycles. The van der Waals surface area contributed by atoms with E-state index in [0.29, 0.717) is 26.9 Å². The second kappa shape index (κ2) is 8.75. The number of para-hydroxylation sites is 1. The fourth-order valence-corrected chi connectivity index (χ4v) is 2.98. The monoisotopic (exact) mass is 377 g/mol. The predicted molar refractivity (Wildman–Crippen MR) is 97.0 cm³/mol. The molecule has 25 heavy (non-hydrogen) atoms. The van der Waals surface area contributed by atoms with Crippen molar-refractivity contribution in [3.8, 4) is 11.8 Å². The quantitative estimate of drug-likeness (QED) is 0.675. The van der Waals surface area contributed by atoms with Crippen molar-refractivity contribution in [3.05, 3.63) is 63.6 Å². The zero-order chi connectivity index (χ0) is 18.4. The van der Waals surface area contributed by atoms with Crippen molar-refractivity contribution in [2.24, 2.45) is 5.92 Å². The number of benzene rings is 2. The van der Waals surface area contributed by atoms with Crippen LogP contribution in [0.15, 0.2) is 42.5 Å². The van der Waals surface area contributed by atoms with E-state index in [1.54, 1.807) is 31.2 Å². The van der Waals surface area contributed by atoms with Gasteiger partial charge in [0.15, 0.2) is 5.92 Å². The number of halogens is 2. The number of ether oxygens (including phenoxy) is 2. The molecular weight excluding hydrogens is 361 g/mol. The van der Waals surface area contributed by atoms with Crippen LogP contribution in [0.5, 0.6) is 5.75 Å². The van der Waals surface area contributed by atoms with Gasteiger partial charge in [-0.1, -0.05) is 47.5 Å². The van der Waals surface area contributed by atoms with Gasteiger partial charge in [0.1, 0.15) is 5.75 Å². The Morgan fingerprint density at radius 3 is 2.52 bits per heavy atom. The molecule has 130 valence electrons. The van der Waals surface area contributed by atoms with Crippen molar-refractivity contribution >= 4 is 29.2 Å². The van der Waals surface area contributed by atoms with E-state index in [-0.39, 0.29) is 6.61 Å². The predicted octanol–water partition coefficient (Wildman–Crippen LogP) is 4.84. The van der Waals surface area contributed by atoms with E-state index in [0.717, 1.165) is 0 Å². The molecule has 0 N–H and O–H groups in total. The first kappa shape index (κ1) is 19.1. The fraction of sp³-hybridized carbons (Fsp3) is 0.263. The number of carbonyl (C=O) groups excluding carboxylic acids is 1. The minimum absolute atomic E-state index is 0.191. The van der Waals surface area contributed by atoms with Gasteiger partial charge in [0.2, 0.25) is 0 Å². The van der Waals surface area contributed by atoms with Crippen LogP contribution < -0.4 is 4.74 Å². The number of nitrogens with zero attached hydrogens (tertiary/aromatic N) is 1. The normalized spacial score (nSPS) is 12.8. The Morgan fingerprint density at radius 2 is 1.92 bits per heavy atom. The number of nitriles is 1. The Morgan fingerprint density at radius 1 is 1.20 bits per heavy atom. The summed E-state index contributed by atoms with van der Waals surface area (Å²) in [6, 6.07) is 14.3. The molecule has 0 fully saturated rings. The van der Waals surface area contributed by atoms with Crippen LogP contribution in [-0.4, -0.2) is 19.7 Å². The molecular formula is C19H17Cl2NO3. The van der Waals surface area contributed by atoms with Crippen LogP contribution >= 0.6 is 23.2 Å². The van der Waals surface area contributed by atoms with Gasteiger partial charge in [-0.3, -0.25) is 4.79 Å². The van der Waals surface area contributed by atoms with E-state index in [1.807, 2.05) is 18.2 Å². The Kier molecular flexibility index (Phi) is 6.69. The largest absolute Gasteiger partial charge is 0.496 e. The van der Waals surface area contributed by atoms with Crippen molar-refractivity contribution in [3.63, 3.8) is 0 Å². The summed E-state index contributed by atoms with van der Waals surface area (Å²) in [6.07, 6.45) is 0. The van der Waals surface area contributed by atoms with Gasteiger partial charge in [0.25, 0.3) is 0 Å². The lowest BCUT2D eigenvalue weighted by molar-refractivity contribution is -0.146. The minimum atomic E-state index is -1.05. The highest BCUT2D eigenvalue weighted by Crippen LogP contribution is 2.39. The van der Waals surface area contributed by atoms with Gasteiger partial charge in [0, 0.05) is 11.5 Å². The first-order valence-corrected chi connectivity index (χ1v) is 8.43. The van der Waals surface area contributed by atoms with Gasteiger partial charge in [-0.25, -0.2) is 0 Å². The average Bonchev–Trinajstić information content (AvgIpc) is 2.62. The molecule has 0 amide bonds. The first-order valence-electron chi connectivity index (χ1n) is 7.67. The number of carbonyl (C=O) groups is 1. The number of hydrogen-bond acceptors (Lipinski definition) is 4. The number of hydrogen-bond donors (Lipinski definition) is 0. The van der Waals surface area contributed by atoms with E-state index in [4.69, 9.17) is 32.7 Å². The average molecular weight is 378 g/mol. The van der Waals surface area contributed by atoms with Gasteiger partial charge in [0.05, 0.1) is 29.8 Å². The summed E-state index contributed by atoms with van der Waals surface area (Å²) in [7, 11) is 1.54. The molecule has 2 aromatic rings. The maximum absolute atomic E-state index is 12.4. The summed E-state index contributed by atoms with van der Waals surface area (Å²) < 4.78 is 10.5. The molecule has 0 heterocycles. The summed E-state index contributed by atoms with van der Waals surface area (Å²) in [4.78, 5) is 12.4. The van der Waals surface area contributed by atoms with Crippen molar-refractivity contribution in [2.75, 3.05) is 13.7 Å². The second-order valence-corrected chi connectivity index (χ2v) is 6.07. The minimum Gasteiger partial charge on any atom is -0.496 e. The number of esters is 1.